The number of benzene rings is 2. The van der Waals surface area contributed by atoms with Gasteiger partial charge in [-0.05, 0) is 50.5 Å². The molecule has 1 unspecified atom stereocenters. The lowest BCUT2D eigenvalue weighted by molar-refractivity contribution is 0.166. The third-order valence-corrected chi connectivity index (χ3v) is 5.22. The molecule has 1 atom stereocenters. The minimum atomic E-state index is 0.486. The van der Waals surface area contributed by atoms with E-state index in [4.69, 9.17) is 14.5 Å². The number of nitrogens with one attached hydrogen (secondary N) is 3. The van der Waals surface area contributed by atoms with Gasteiger partial charge in [0.1, 0.15) is 5.75 Å². The maximum atomic E-state index is 6.15. The van der Waals surface area contributed by atoms with Crippen molar-refractivity contribution in [3.05, 3.63) is 59.7 Å². The van der Waals surface area contributed by atoms with E-state index in [0.29, 0.717) is 19.1 Å². The van der Waals surface area contributed by atoms with Crippen LogP contribution >= 0.6 is 0 Å². The number of hydrogen-bond donors (Lipinski definition) is 3. The molecule has 6 nitrogen and oxygen atoms in total. The van der Waals surface area contributed by atoms with Crippen molar-refractivity contribution >= 4 is 11.6 Å². The first-order chi connectivity index (χ1) is 15.2. The van der Waals surface area contributed by atoms with E-state index in [1.54, 1.807) is 0 Å². The fourth-order valence-corrected chi connectivity index (χ4v) is 3.44. The molecule has 3 rings (SSSR count). The highest BCUT2D eigenvalue weighted by molar-refractivity contribution is 5.79. The first-order valence-corrected chi connectivity index (χ1v) is 11.4. The number of anilines is 1. The van der Waals surface area contributed by atoms with Gasteiger partial charge >= 0.3 is 0 Å². The number of hydrogen-bond acceptors (Lipinski definition) is 4. The van der Waals surface area contributed by atoms with Crippen LogP contribution in [0.2, 0.25) is 0 Å². The third-order valence-electron chi connectivity index (χ3n) is 5.22. The summed E-state index contributed by atoms with van der Waals surface area (Å²) < 4.78 is 11.6. The van der Waals surface area contributed by atoms with Crippen LogP contribution in [-0.2, 0) is 11.3 Å². The van der Waals surface area contributed by atoms with Crippen molar-refractivity contribution in [3.63, 3.8) is 0 Å². The largest absolute Gasteiger partial charge is 0.493 e. The summed E-state index contributed by atoms with van der Waals surface area (Å²) >= 11 is 0. The standard InChI is InChI=1S/C25H36N4O2/c1-3-26-25(28-14-7-13-27-23-8-5-4-6-9-23)29-17-22-11-10-20(2)16-24(22)31-19-21-12-15-30-18-21/h4-6,8-11,16,21,27H,3,7,12-15,17-19H2,1-2H3,(H2,26,28,29). The number of nitrogens with zero attached hydrogens (tertiary/aromatic N) is 1. The zero-order valence-electron chi connectivity index (χ0n) is 18.8. The van der Waals surface area contributed by atoms with Gasteiger partial charge in [0.25, 0.3) is 0 Å². The third kappa shape index (κ3) is 8.13. The van der Waals surface area contributed by atoms with E-state index in [-0.39, 0.29) is 0 Å². The average Bonchev–Trinajstić information content (AvgIpc) is 3.31. The van der Waals surface area contributed by atoms with Gasteiger partial charge in [-0.3, -0.25) is 0 Å². The number of para-hydroxylation sites is 1. The molecule has 0 saturated carbocycles. The average molecular weight is 425 g/mol. The van der Waals surface area contributed by atoms with Gasteiger partial charge < -0.3 is 25.4 Å². The Labute approximate surface area is 186 Å². The van der Waals surface area contributed by atoms with Crippen LogP contribution in [0.4, 0.5) is 5.69 Å². The van der Waals surface area contributed by atoms with E-state index >= 15 is 0 Å². The highest BCUT2D eigenvalue weighted by Crippen LogP contribution is 2.23. The van der Waals surface area contributed by atoms with Crippen LogP contribution in [0.15, 0.2) is 53.5 Å². The number of guanidine groups is 1. The predicted octanol–water partition coefficient (Wildman–Crippen LogP) is 3.97. The molecule has 3 N–H and O–H groups in total. The van der Waals surface area contributed by atoms with E-state index in [1.807, 2.05) is 18.2 Å². The molecule has 0 spiro atoms. The first kappa shape index (κ1) is 22.9. The highest BCUT2D eigenvalue weighted by Gasteiger charge is 2.17. The lowest BCUT2D eigenvalue weighted by atomic mass is 10.1. The van der Waals surface area contributed by atoms with Crippen molar-refractivity contribution in [1.82, 2.24) is 10.6 Å². The maximum absolute atomic E-state index is 6.15. The Hall–Kier alpha value is -2.73. The Morgan fingerprint density at radius 1 is 1.13 bits per heavy atom. The second-order valence-electron chi connectivity index (χ2n) is 7.92. The number of rotatable bonds is 11. The van der Waals surface area contributed by atoms with Crippen molar-refractivity contribution in [3.8, 4) is 5.75 Å². The van der Waals surface area contributed by atoms with Gasteiger partial charge in [-0.2, -0.15) is 0 Å². The molecule has 31 heavy (non-hydrogen) atoms. The number of ether oxygens (including phenoxy) is 2. The Morgan fingerprint density at radius 2 is 2.00 bits per heavy atom. The first-order valence-electron chi connectivity index (χ1n) is 11.4. The van der Waals surface area contributed by atoms with Gasteiger partial charge in [-0.15, -0.1) is 0 Å². The fourth-order valence-electron chi connectivity index (χ4n) is 3.44. The monoisotopic (exact) mass is 424 g/mol. The van der Waals surface area contributed by atoms with Crippen LogP contribution in [0.3, 0.4) is 0 Å². The molecule has 0 radical (unpaired) electrons. The summed E-state index contributed by atoms with van der Waals surface area (Å²) in [4.78, 5) is 4.78. The molecular formula is C25H36N4O2. The molecule has 1 aliphatic heterocycles. The minimum absolute atomic E-state index is 0.486. The molecule has 1 fully saturated rings. The molecule has 1 heterocycles. The molecule has 0 aliphatic carbocycles. The van der Waals surface area contributed by atoms with Crippen molar-refractivity contribution < 1.29 is 9.47 Å². The summed E-state index contributed by atoms with van der Waals surface area (Å²) in [5, 5.41) is 10.2. The van der Waals surface area contributed by atoms with E-state index in [2.05, 4.69) is 60.1 Å². The van der Waals surface area contributed by atoms with Crippen LogP contribution in [0.25, 0.3) is 0 Å². The van der Waals surface area contributed by atoms with Crippen LogP contribution in [0.1, 0.15) is 30.9 Å². The maximum Gasteiger partial charge on any atom is 0.191 e. The summed E-state index contributed by atoms with van der Waals surface area (Å²) in [6.07, 6.45) is 2.08. The molecular weight excluding hydrogens is 388 g/mol. The van der Waals surface area contributed by atoms with E-state index in [9.17, 15) is 0 Å². The van der Waals surface area contributed by atoms with Gasteiger partial charge in [0.05, 0.1) is 19.8 Å². The lowest BCUT2D eigenvalue weighted by Crippen LogP contribution is -2.38. The summed E-state index contributed by atoms with van der Waals surface area (Å²) in [6.45, 7) is 9.69. The van der Waals surface area contributed by atoms with Crippen LogP contribution in [-0.4, -0.2) is 45.4 Å². The van der Waals surface area contributed by atoms with E-state index in [0.717, 1.165) is 68.6 Å². The van der Waals surface area contributed by atoms with Crippen LogP contribution in [0, 0.1) is 12.8 Å². The van der Waals surface area contributed by atoms with Crippen molar-refractivity contribution in [2.45, 2.75) is 33.2 Å². The zero-order valence-corrected chi connectivity index (χ0v) is 18.8. The van der Waals surface area contributed by atoms with E-state index < -0.39 is 0 Å². The number of aryl methyl sites for hydroxylation is 1. The smallest absolute Gasteiger partial charge is 0.191 e. The highest BCUT2D eigenvalue weighted by atomic mass is 16.5. The fraction of sp³-hybridized carbons (Fsp3) is 0.480. The van der Waals surface area contributed by atoms with Gasteiger partial charge in [-0.25, -0.2) is 4.99 Å². The second-order valence-corrected chi connectivity index (χ2v) is 7.92. The molecule has 168 valence electrons. The molecule has 0 aromatic heterocycles. The molecule has 2 aromatic carbocycles. The summed E-state index contributed by atoms with van der Waals surface area (Å²) in [6, 6.07) is 16.6. The van der Waals surface area contributed by atoms with Gasteiger partial charge in [0.2, 0.25) is 0 Å². The van der Waals surface area contributed by atoms with E-state index in [1.165, 1.54) is 5.56 Å². The molecule has 0 amide bonds. The number of aliphatic imine (C=N–C) groups is 1. The molecule has 2 aromatic rings. The normalized spacial score (nSPS) is 16.2. The van der Waals surface area contributed by atoms with Gasteiger partial charge in [-0.1, -0.05) is 30.3 Å². The Bertz CT molecular complexity index is 804. The van der Waals surface area contributed by atoms with Crippen molar-refractivity contribution in [2.75, 3.05) is 44.8 Å². The van der Waals surface area contributed by atoms with Gasteiger partial charge in [0, 0.05) is 43.4 Å². The van der Waals surface area contributed by atoms with Crippen LogP contribution in [0.5, 0.6) is 5.75 Å². The van der Waals surface area contributed by atoms with Crippen molar-refractivity contribution in [1.29, 1.82) is 0 Å². The molecule has 0 bridgehead atoms. The predicted molar refractivity (Wildman–Crippen MR) is 128 cm³/mol. The SMILES string of the molecule is CCNC(=NCc1ccc(C)cc1OCC1CCOC1)NCCCNc1ccccc1. The van der Waals surface area contributed by atoms with Gasteiger partial charge in [0.15, 0.2) is 5.96 Å². The molecule has 1 aliphatic rings. The summed E-state index contributed by atoms with van der Waals surface area (Å²) in [5.41, 5.74) is 3.45. The Balaban J connectivity index is 1.49. The summed E-state index contributed by atoms with van der Waals surface area (Å²) in [7, 11) is 0. The minimum Gasteiger partial charge on any atom is -0.493 e. The van der Waals surface area contributed by atoms with Crippen molar-refractivity contribution in [2.24, 2.45) is 10.9 Å². The topological polar surface area (TPSA) is 66.9 Å². The zero-order chi connectivity index (χ0) is 21.7. The Kier molecular flexibility index (Phi) is 9.51. The summed E-state index contributed by atoms with van der Waals surface area (Å²) in [5.74, 6) is 2.25. The lowest BCUT2D eigenvalue weighted by Gasteiger charge is -2.15. The van der Waals surface area contributed by atoms with Crippen LogP contribution < -0.4 is 20.7 Å². The quantitative estimate of drug-likeness (QED) is 0.289. The Morgan fingerprint density at radius 3 is 2.77 bits per heavy atom. The second kappa shape index (κ2) is 12.8. The molecule has 6 heteroatoms. The molecule has 1 saturated heterocycles.